The lowest BCUT2D eigenvalue weighted by Crippen LogP contribution is -1.91. The molecule has 62 valence electrons. The first kappa shape index (κ1) is 8.72. The lowest BCUT2D eigenvalue weighted by atomic mass is 10.1. The maximum absolute atomic E-state index is 4.40. The smallest absolute Gasteiger partial charge is 0.0897 e. The molecule has 0 radical (unpaired) electrons. The van der Waals surface area contributed by atoms with Crippen LogP contribution in [0.25, 0.3) is 0 Å². The van der Waals surface area contributed by atoms with Gasteiger partial charge in [-0.15, -0.1) is 11.3 Å². The fraction of sp³-hybridized carbons (Fsp3) is 0.667. The molecule has 0 aliphatic rings. The van der Waals surface area contributed by atoms with E-state index in [1.165, 1.54) is 17.1 Å². The second kappa shape index (κ2) is 3.86. The van der Waals surface area contributed by atoms with Gasteiger partial charge in [-0.25, -0.2) is 4.98 Å². The highest BCUT2D eigenvalue weighted by atomic mass is 32.1. The van der Waals surface area contributed by atoms with Crippen molar-refractivity contribution in [2.75, 3.05) is 0 Å². The Balaban J connectivity index is 2.39. The molecule has 0 bridgehead atoms. The molecule has 1 rings (SSSR count). The van der Waals surface area contributed by atoms with Crippen LogP contribution in [0.2, 0.25) is 0 Å². The van der Waals surface area contributed by atoms with E-state index >= 15 is 0 Å². The van der Waals surface area contributed by atoms with Gasteiger partial charge < -0.3 is 0 Å². The summed E-state index contributed by atoms with van der Waals surface area (Å²) in [6.07, 6.45) is 2.39. The molecule has 11 heavy (non-hydrogen) atoms. The van der Waals surface area contributed by atoms with Gasteiger partial charge in [0.25, 0.3) is 0 Å². The van der Waals surface area contributed by atoms with Gasteiger partial charge in [-0.1, -0.05) is 13.8 Å². The van der Waals surface area contributed by atoms with Crippen molar-refractivity contribution in [3.63, 3.8) is 0 Å². The molecule has 0 aromatic carbocycles. The van der Waals surface area contributed by atoms with Crippen molar-refractivity contribution < 1.29 is 0 Å². The zero-order valence-electron chi connectivity index (χ0n) is 7.42. The van der Waals surface area contributed by atoms with Crippen LogP contribution < -0.4 is 0 Å². The molecule has 0 atom stereocenters. The van der Waals surface area contributed by atoms with Gasteiger partial charge in [-0.05, 0) is 25.7 Å². The molecule has 0 N–H and O–H groups in total. The molecule has 0 spiro atoms. The van der Waals surface area contributed by atoms with Crippen LogP contribution in [0.15, 0.2) is 5.38 Å². The average molecular weight is 169 g/mol. The fourth-order valence-electron chi connectivity index (χ4n) is 0.960. The number of hydrogen-bond donors (Lipinski definition) is 0. The number of nitrogens with zero attached hydrogens (tertiary/aromatic N) is 1. The van der Waals surface area contributed by atoms with Gasteiger partial charge in [-0.3, -0.25) is 0 Å². The summed E-state index contributed by atoms with van der Waals surface area (Å²) in [5.74, 6) is 0.789. The zero-order chi connectivity index (χ0) is 8.27. The van der Waals surface area contributed by atoms with E-state index in [-0.39, 0.29) is 0 Å². The molecular weight excluding hydrogens is 154 g/mol. The SMILES string of the molecule is Cc1nc(CCC(C)C)cs1. The summed E-state index contributed by atoms with van der Waals surface area (Å²) in [6.45, 7) is 6.56. The quantitative estimate of drug-likeness (QED) is 0.677. The Labute approximate surface area is 72.5 Å². The highest BCUT2D eigenvalue weighted by Gasteiger charge is 1.99. The van der Waals surface area contributed by atoms with Crippen LogP contribution in [0.4, 0.5) is 0 Å². The fourth-order valence-corrected chi connectivity index (χ4v) is 1.61. The van der Waals surface area contributed by atoms with E-state index < -0.39 is 0 Å². The molecular formula is C9H15NS. The number of rotatable bonds is 3. The topological polar surface area (TPSA) is 12.9 Å². The molecule has 0 fully saturated rings. The molecule has 0 aliphatic heterocycles. The van der Waals surface area contributed by atoms with Crippen LogP contribution >= 0.6 is 11.3 Å². The molecule has 1 nitrogen and oxygen atoms in total. The summed E-state index contributed by atoms with van der Waals surface area (Å²) in [6, 6.07) is 0. The normalized spacial score (nSPS) is 10.9. The highest BCUT2D eigenvalue weighted by molar-refractivity contribution is 7.09. The number of thiazole rings is 1. The first-order chi connectivity index (χ1) is 5.18. The second-order valence-electron chi connectivity index (χ2n) is 3.29. The van der Waals surface area contributed by atoms with E-state index in [2.05, 4.69) is 31.1 Å². The Bertz CT molecular complexity index is 215. The summed E-state index contributed by atoms with van der Waals surface area (Å²) < 4.78 is 0. The Kier molecular flexibility index (Phi) is 3.06. The van der Waals surface area contributed by atoms with Crippen molar-refractivity contribution >= 4 is 11.3 Å². The van der Waals surface area contributed by atoms with Gasteiger partial charge in [0, 0.05) is 5.38 Å². The first-order valence-corrected chi connectivity index (χ1v) is 4.97. The van der Waals surface area contributed by atoms with Crippen LogP contribution in [-0.4, -0.2) is 4.98 Å². The second-order valence-corrected chi connectivity index (χ2v) is 4.35. The van der Waals surface area contributed by atoms with E-state index in [1.807, 2.05) is 0 Å². The van der Waals surface area contributed by atoms with Gasteiger partial charge in [0.2, 0.25) is 0 Å². The molecule has 0 unspecified atom stereocenters. The highest BCUT2D eigenvalue weighted by Crippen LogP contribution is 2.12. The number of hydrogen-bond acceptors (Lipinski definition) is 2. The minimum absolute atomic E-state index is 0.789. The maximum Gasteiger partial charge on any atom is 0.0897 e. The van der Waals surface area contributed by atoms with E-state index in [0.29, 0.717) is 0 Å². The zero-order valence-corrected chi connectivity index (χ0v) is 8.24. The standard InChI is InChI=1S/C9H15NS/c1-7(2)4-5-9-6-11-8(3)10-9/h6-7H,4-5H2,1-3H3. The average Bonchev–Trinajstić information content (AvgIpc) is 2.31. The van der Waals surface area contributed by atoms with Crippen molar-refractivity contribution in [3.05, 3.63) is 16.1 Å². The van der Waals surface area contributed by atoms with Crippen LogP contribution in [-0.2, 0) is 6.42 Å². The van der Waals surface area contributed by atoms with Crippen LogP contribution in [0.1, 0.15) is 31.0 Å². The third-order valence-electron chi connectivity index (χ3n) is 1.64. The summed E-state index contributed by atoms with van der Waals surface area (Å²) in [7, 11) is 0. The van der Waals surface area contributed by atoms with Crippen molar-refractivity contribution in [2.45, 2.75) is 33.6 Å². The van der Waals surface area contributed by atoms with Gasteiger partial charge in [0.15, 0.2) is 0 Å². The third kappa shape index (κ3) is 3.02. The van der Waals surface area contributed by atoms with Crippen molar-refractivity contribution in [1.29, 1.82) is 0 Å². The Morgan fingerprint density at radius 3 is 2.73 bits per heavy atom. The molecule has 0 saturated carbocycles. The summed E-state index contributed by atoms with van der Waals surface area (Å²) in [5, 5.41) is 3.35. The molecule has 1 aromatic heterocycles. The van der Waals surface area contributed by atoms with E-state index in [0.717, 1.165) is 12.3 Å². The Hall–Kier alpha value is -0.370. The number of aryl methyl sites for hydroxylation is 2. The molecule has 1 heterocycles. The van der Waals surface area contributed by atoms with Gasteiger partial charge >= 0.3 is 0 Å². The van der Waals surface area contributed by atoms with Crippen LogP contribution in [0, 0.1) is 12.8 Å². The van der Waals surface area contributed by atoms with Crippen molar-refractivity contribution in [2.24, 2.45) is 5.92 Å². The van der Waals surface area contributed by atoms with Crippen molar-refractivity contribution in [1.82, 2.24) is 4.98 Å². The van der Waals surface area contributed by atoms with E-state index in [9.17, 15) is 0 Å². The van der Waals surface area contributed by atoms with Crippen molar-refractivity contribution in [3.8, 4) is 0 Å². The molecule has 1 aromatic rings. The largest absolute Gasteiger partial charge is 0.247 e. The van der Waals surface area contributed by atoms with Gasteiger partial charge in [0.1, 0.15) is 0 Å². The molecule has 0 amide bonds. The van der Waals surface area contributed by atoms with E-state index in [4.69, 9.17) is 0 Å². The minimum atomic E-state index is 0.789. The lowest BCUT2D eigenvalue weighted by Gasteiger charge is -2.00. The Morgan fingerprint density at radius 2 is 2.27 bits per heavy atom. The number of aromatic nitrogens is 1. The predicted molar refractivity (Wildman–Crippen MR) is 50.0 cm³/mol. The molecule has 0 saturated heterocycles. The molecule has 0 aliphatic carbocycles. The van der Waals surface area contributed by atoms with Crippen LogP contribution in [0.5, 0.6) is 0 Å². The predicted octanol–water partition coefficient (Wildman–Crippen LogP) is 3.04. The first-order valence-electron chi connectivity index (χ1n) is 4.09. The van der Waals surface area contributed by atoms with Gasteiger partial charge in [0.05, 0.1) is 10.7 Å². The molecule has 2 heteroatoms. The minimum Gasteiger partial charge on any atom is -0.247 e. The monoisotopic (exact) mass is 169 g/mol. The Morgan fingerprint density at radius 1 is 1.55 bits per heavy atom. The van der Waals surface area contributed by atoms with Crippen LogP contribution in [0.3, 0.4) is 0 Å². The summed E-state index contributed by atoms with van der Waals surface area (Å²) >= 11 is 1.74. The maximum atomic E-state index is 4.40. The lowest BCUT2D eigenvalue weighted by molar-refractivity contribution is 0.582. The third-order valence-corrected chi connectivity index (χ3v) is 2.47. The van der Waals surface area contributed by atoms with Gasteiger partial charge in [-0.2, -0.15) is 0 Å². The summed E-state index contributed by atoms with van der Waals surface area (Å²) in [5.41, 5.74) is 1.27. The summed E-state index contributed by atoms with van der Waals surface area (Å²) in [4.78, 5) is 4.40. The van der Waals surface area contributed by atoms with E-state index in [1.54, 1.807) is 11.3 Å².